The number of hydrogen-bond donors (Lipinski definition) is 2. The van der Waals surface area contributed by atoms with Gasteiger partial charge in [-0.3, -0.25) is 9.59 Å². The molecular weight excluding hydrogens is 501 g/mol. The Balaban J connectivity index is 1.53. The van der Waals surface area contributed by atoms with Gasteiger partial charge in [0.2, 0.25) is 0 Å². The van der Waals surface area contributed by atoms with Crippen LogP contribution in [0.3, 0.4) is 0 Å². The van der Waals surface area contributed by atoms with Crippen LogP contribution in [-0.4, -0.2) is 24.0 Å². The molecule has 4 aromatic carbocycles. The Morgan fingerprint density at radius 2 is 1.64 bits per heavy atom. The number of nitrogens with zero attached hydrogens (tertiary/aromatic N) is 1. The molecule has 0 radical (unpaired) electrons. The van der Waals surface area contributed by atoms with Crippen LogP contribution in [0.1, 0.15) is 21.5 Å². The fraction of sp³-hybridized carbons (Fsp3) is 0.0370. The second-order valence-corrected chi connectivity index (χ2v) is 8.56. The lowest BCUT2D eigenvalue weighted by atomic mass is 10.0. The predicted molar refractivity (Wildman–Crippen MR) is 141 cm³/mol. The van der Waals surface area contributed by atoms with Crippen molar-refractivity contribution in [1.82, 2.24) is 5.43 Å². The van der Waals surface area contributed by atoms with Crippen molar-refractivity contribution in [2.45, 2.75) is 6.92 Å². The maximum Gasteiger partial charge on any atom is 0.343 e. The Kier molecular flexibility index (Phi) is 7.63. The van der Waals surface area contributed by atoms with Crippen LogP contribution in [-0.2, 0) is 9.59 Å². The number of aryl methyl sites for hydroxylation is 1. The van der Waals surface area contributed by atoms with Gasteiger partial charge in [-0.25, -0.2) is 10.2 Å². The second kappa shape index (κ2) is 11.0. The second-order valence-electron chi connectivity index (χ2n) is 7.71. The average molecular weight is 520 g/mol. The maximum atomic E-state index is 12.7. The number of benzene rings is 4. The van der Waals surface area contributed by atoms with E-state index in [1.54, 1.807) is 54.6 Å². The number of amides is 2. The molecule has 0 saturated heterocycles. The minimum absolute atomic E-state index is 0.227. The number of nitrogens with one attached hydrogen (secondary N) is 2. The lowest BCUT2D eigenvalue weighted by Gasteiger charge is -2.11. The zero-order chi connectivity index (χ0) is 25.7. The van der Waals surface area contributed by atoms with Gasteiger partial charge in [0.25, 0.3) is 0 Å². The highest BCUT2D eigenvalue weighted by Crippen LogP contribution is 2.27. The van der Waals surface area contributed by atoms with Gasteiger partial charge in [0.05, 0.1) is 11.8 Å². The summed E-state index contributed by atoms with van der Waals surface area (Å²) in [6.45, 7) is 1.82. The minimum Gasteiger partial charge on any atom is -0.422 e. The molecule has 36 heavy (non-hydrogen) atoms. The van der Waals surface area contributed by atoms with Crippen molar-refractivity contribution in [2.24, 2.45) is 5.10 Å². The third kappa shape index (κ3) is 5.89. The van der Waals surface area contributed by atoms with Crippen molar-refractivity contribution >= 4 is 63.7 Å². The van der Waals surface area contributed by atoms with Gasteiger partial charge in [-0.2, -0.15) is 5.10 Å². The summed E-state index contributed by atoms with van der Waals surface area (Å²) in [5.41, 5.74) is 4.17. The van der Waals surface area contributed by atoms with E-state index in [1.165, 1.54) is 6.21 Å². The molecular formula is C27H19Cl2N3O4. The maximum absolute atomic E-state index is 12.7. The first-order chi connectivity index (χ1) is 17.3. The van der Waals surface area contributed by atoms with E-state index >= 15 is 0 Å². The molecule has 0 heterocycles. The van der Waals surface area contributed by atoms with E-state index in [0.717, 1.165) is 16.3 Å². The molecule has 4 rings (SSSR count). The Morgan fingerprint density at radius 1 is 0.889 bits per heavy atom. The highest BCUT2D eigenvalue weighted by atomic mass is 35.5. The van der Waals surface area contributed by atoms with E-state index in [-0.39, 0.29) is 5.75 Å². The van der Waals surface area contributed by atoms with E-state index in [4.69, 9.17) is 27.9 Å². The standard InChI is InChI=1S/C27H19Cl2N3O4/c1-16-6-12-20(14-23(16)29)31-25(33)26(34)32-30-15-22-21-5-3-2-4-17(21)9-13-24(22)36-27(35)18-7-10-19(28)11-8-18/h2-15H,1H3,(H,31,33)(H,32,34). The summed E-state index contributed by atoms with van der Waals surface area (Å²) in [6.07, 6.45) is 1.32. The topological polar surface area (TPSA) is 96.9 Å². The minimum atomic E-state index is -0.983. The van der Waals surface area contributed by atoms with Crippen molar-refractivity contribution in [1.29, 1.82) is 0 Å². The molecule has 0 spiro atoms. The quantitative estimate of drug-likeness (QED) is 0.115. The fourth-order valence-electron chi connectivity index (χ4n) is 3.31. The number of ether oxygens (including phenoxy) is 1. The highest BCUT2D eigenvalue weighted by molar-refractivity contribution is 6.40. The van der Waals surface area contributed by atoms with E-state index in [1.807, 2.05) is 31.2 Å². The lowest BCUT2D eigenvalue weighted by Crippen LogP contribution is -2.32. The van der Waals surface area contributed by atoms with Gasteiger partial charge >= 0.3 is 17.8 Å². The number of rotatable bonds is 5. The van der Waals surface area contributed by atoms with Crippen LogP contribution in [0.5, 0.6) is 5.75 Å². The van der Waals surface area contributed by atoms with Crippen LogP contribution in [0.15, 0.2) is 84.0 Å². The zero-order valence-electron chi connectivity index (χ0n) is 18.9. The van der Waals surface area contributed by atoms with Gasteiger partial charge in [-0.15, -0.1) is 0 Å². The summed E-state index contributed by atoms with van der Waals surface area (Å²) in [5, 5.41) is 8.93. The molecule has 0 atom stereocenters. The predicted octanol–water partition coefficient (Wildman–Crippen LogP) is 5.76. The summed E-state index contributed by atoms with van der Waals surface area (Å²) in [7, 11) is 0. The van der Waals surface area contributed by atoms with E-state index < -0.39 is 17.8 Å². The van der Waals surface area contributed by atoms with E-state index in [9.17, 15) is 14.4 Å². The van der Waals surface area contributed by atoms with Crippen molar-refractivity contribution in [3.8, 4) is 5.75 Å². The van der Waals surface area contributed by atoms with Gasteiger partial charge in [0, 0.05) is 21.3 Å². The third-order valence-corrected chi connectivity index (χ3v) is 5.87. The van der Waals surface area contributed by atoms with Gasteiger partial charge < -0.3 is 10.1 Å². The summed E-state index contributed by atoms with van der Waals surface area (Å²) in [5.74, 6) is -2.26. The first-order valence-corrected chi connectivity index (χ1v) is 11.5. The Bertz CT molecular complexity index is 1500. The first-order valence-electron chi connectivity index (χ1n) is 10.7. The van der Waals surface area contributed by atoms with Gasteiger partial charge in [0.1, 0.15) is 5.75 Å². The monoisotopic (exact) mass is 519 g/mol. The Morgan fingerprint density at radius 3 is 2.39 bits per heavy atom. The summed E-state index contributed by atoms with van der Waals surface area (Å²) >= 11 is 11.9. The smallest absolute Gasteiger partial charge is 0.343 e. The first kappa shape index (κ1) is 24.9. The van der Waals surface area contributed by atoms with Gasteiger partial charge in [-0.1, -0.05) is 59.6 Å². The van der Waals surface area contributed by atoms with Crippen molar-refractivity contribution < 1.29 is 19.1 Å². The number of esters is 1. The van der Waals surface area contributed by atoms with Crippen LogP contribution < -0.4 is 15.5 Å². The molecule has 0 saturated carbocycles. The van der Waals surface area contributed by atoms with Crippen molar-refractivity contribution in [3.63, 3.8) is 0 Å². The molecule has 0 unspecified atom stereocenters. The lowest BCUT2D eigenvalue weighted by molar-refractivity contribution is -0.136. The number of hydrogen-bond acceptors (Lipinski definition) is 5. The molecule has 0 aliphatic carbocycles. The van der Waals surface area contributed by atoms with Crippen LogP contribution in [0.4, 0.5) is 5.69 Å². The highest BCUT2D eigenvalue weighted by Gasteiger charge is 2.15. The number of anilines is 1. The average Bonchev–Trinajstić information content (AvgIpc) is 2.87. The number of fused-ring (bicyclic) bond motifs is 1. The zero-order valence-corrected chi connectivity index (χ0v) is 20.4. The molecule has 2 amide bonds. The van der Waals surface area contributed by atoms with Crippen LogP contribution in [0, 0.1) is 6.92 Å². The van der Waals surface area contributed by atoms with Gasteiger partial charge in [-0.05, 0) is 65.7 Å². The molecule has 0 aliphatic rings. The van der Waals surface area contributed by atoms with Crippen LogP contribution in [0.2, 0.25) is 10.0 Å². The molecule has 2 N–H and O–H groups in total. The SMILES string of the molecule is Cc1ccc(NC(=O)C(=O)NN=Cc2c(OC(=O)c3ccc(Cl)cc3)ccc3ccccc23)cc1Cl. The number of carbonyl (C=O) groups is 3. The Labute approximate surface area is 216 Å². The van der Waals surface area contributed by atoms with Gasteiger partial charge in [0.15, 0.2) is 0 Å². The molecule has 0 aliphatic heterocycles. The largest absolute Gasteiger partial charge is 0.422 e. The summed E-state index contributed by atoms with van der Waals surface area (Å²) < 4.78 is 5.61. The van der Waals surface area contributed by atoms with Crippen molar-refractivity contribution in [3.05, 3.63) is 106 Å². The molecule has 0 bridgehead atoms. The molecule has 0 aromatic heterocycles. The molecule has 9 heteroatoms. The molecule has 4 aromatic rings. The number of hydrazone groups is 1. The van der Waals surface area contributed by atoms with Crippen LogP contribution in [0.25, 0.3) is 10.8 Å². The Hall–Kier alpha value is -4.20. The summed E-state index contributed by atoms with van der Waals surface area (Å²) in [4.78, 5) is 37.2. The van der Waals surface area contributed by atoms with E-state index in [0.29, 0.717) is 26.9 Å². The number of carbonyl (C=O) groups excluding carboxylic acids is 3. The van der Waals surface area contributed by atoms with Crippen LogP contribution >= 0.6 is 23.2 Å². The molecule has 180 valence electrons. The normalized spacial score (nSPS) is 10.9. The molecule has 0 fully saturated rings. The fourth-order valence-corrected chi connectivity index (χ4v) is 3.61. The third-order valence-electron chi connectivity index (χ3n) is 5.21. The number of halogens is 2. The molecule has 7 nitrogen and oxygen atoms in total. The van der Waals surface area contributed by atoms with Crippen molar-refractivity contribution in [2.75, 3.05) is 5.32 Å². The van der Waals surface area contributed by atoms with E-state index in [2.05, 4.69) is 15.8 Å². The summed E-state index contributed by atoms with van der Waals surface area (Å²) in [6, 6.07) is 22.0.